The van der Waals surface area contributed by atoms with Gasteiger partial charge in [0.1, 0.15) is 6.04 Å². The topological polar surface area (TPSA) is 66.5 Å². The number of carbonyl (C=O) groups is 1. The third-order valence-corrected chi connectivity index (χ3v) is 5.89. The number of nitrogens with zero attached hydrogens (tertiary/aromatic N) is 1. The molecule has 1 N–H and O–H groups in total. The number of halogens is 1. The highest BCUT2D eigenvalue weighted by Crippen LogP contribution is 2.25. The van der Waals surface area contributed by atoms with Crippen LogP contribution in [0.3, 0.4) is 0 Å². The number of sulfonamides is 1. The van der Waals surface area contributed by atoms with E-state index in [2.05, 4.69) is 19.2 Å². The normalized spacial score (nSPS) is 13.8. The molecule has 28 heavy (non-hydrogen) atoms. The van der Waals surface area contributed by atoms with Crippen LogP contribution < -0.4 is 9.62 Å². The first kappa shape index (κ1) is 22.2. The van der Waals surface area contributed by atoms with Crippen LogP contribution in [0.4, 0.5) is 5.69 Å². The van der Waals surface area contributed by atoms with Crippen LogP contribution in [0.5, 0.6) is 0 Å². The molecule has 2 atom stereocenters. The summed E-state index contributed by atoms with van der Waals surface area (Å²) >= 11 is 5.91. The van der Waals surface area contributed by atoms with Crippen molar-refractivity contribution in [1.82, 2.24) is 5.32 Å². The molecule has 0 aromatic heterocycles. The van der Waals surface area contributed by atoms with Crippen molar-refractivity contribution in [2.45, 2.75) is 39.3 Å². The summed E-state index contributed by atoms with van der Waals surface area (Å²) in [6.07, 6.45) is 1.84. The molecule has 0 spiro atoms. The summed E-state index contributed by atoms with van der Waals surface area (Å²) in [6.45, 7) is 5.76. The molecular weight excluding hydrogens is 396 g/mol. The van der Waals surface area contributed by atoms with Gasteiger partial charge in [0.05, 0.1) is 18.0 Å². The maximum Gasteiger partial charge on any atom is 0.244 e. The monoisotopic (exact) mass is 422 g/mol. The van der Waals surface area contributed by atoms with E-state index in [-0.39, 0.29) is 11.9 Å². The van der Waals surface area contributed by atoms with Crippen molar-refractivity contribution in [3.05, 3.63) is 65.2 Å². The predicted molar refractivity (Wildman–Crippen MR) is 115 cm³/mol. The fraction of sp³-hybridized carbons (Fsp3) is 0.381. The summed E-state index contributed by atoms with van der Waals surface area (Å²) in [4.78, 5) is 13.0. The minimum absolute atomic E-state index is 0.192. The van der Waals surface area contributed by atoms with E-state index in [1.165, 1.54) is 0 Å². The Morgan fingerprint density at radius 3 is 2.11 bits per heavy atom. The van der Waals surface area contributed by atoms with Crippen molar-refractivity contribution in [3.8, 4) is 0 Å². The second-order valence-corrected chi connectivity index (χ2v) is 9.61. The molecule has 0 aliphatic heterocycles. The van der Waals surface area contributed by atoms with Gasteiger partial charge in [-0.25, -0.2) is 8.42 Å². The summed E-state index contributed by atoms with van der Waals surface area (Å²) in [5, 5.41) is 3.52. The molecule has 0 aliphatic carbocycles. The lowest BCUT2D eigenvalue weighted by atomic mass is 9.96. The van der Waals surface area contributed by atoms with Gasteiger partial charge in [0.2, 0.25) is 15.9 Å². The van der Waals surface area contributed by atoms with Gasteiger partial charge in [-0.15, -0.1) is 0 Å². The molecule has 152 valence electrons. The molecule has 0 saturated heterocycles. The third kappa shape index (κ3) is 5.97. The molecule has 0 saturated carbocycles. The largest absolute Gasteiger partial charge is 0.347 e. The molecule has 0 heterocycles. The maximum absolute atomic E-state index is 13.0. The Morgan fingerprint density at radius 1 is 1.04 bits per heavy atom. The summed E-state index contributed by atoms with van der Waals surface area (Å²) in [7, 11) is -3.67. The van der Waals surface area contributed by atoms with Gasteiger partial charge in [-0.05, 0) is 49.1 Å². The SMILES string of the molecule is CC(C)C[C@@H](NC(=O)[C@@H](C)N(c1ccc(Cl)cc1)S(C)(=O)=O)c1ccccc1. The Labute approximate surface area is 172 Å². The molecule has 2 aromatic carbocycles. The van der Waals surface area contributed by atoms with Crippen LogP contribution in [0.15, 0.2) is 54.6 Å². The Balaban J connectivity index is 2.29. The van der Waals surface area contributed by atoms with Crippen LogP contribution in [-0.4, -0.2) is 26.6 Å². The second-order valence-electron chi connectivity index (χ2n) is 7.31. The van der Waals surface area contributed by atoms with Gasteiger partial charge in [-0.1, -0.05) is 55.8 Å². The van der Waals surface area contributed by atoms with E-state index < -0.39 is 16.1 Å². The minimum atomic E-state index is -3.67. The summed E-state index contributed by atoms with van der Waals surface area (Å²) < 4.78 is 25.9. The second kappa shape index (κ2) is 9.43. The molecule has 5 nitrogen and oxygen atoms in total. The number of hydrogen-bond acceptors (Lipinski definition) is 3. The molecule has 7 heteroatoms. The fourth-order valence-electron chi connectivity index (χ4n) is 3.12. The van der Waals surface area contributed by atoms with E-state index in [0.29, 0.717) is 16.6 Å². The van der Waals surface area contributed by atoms with Crippen molar-refractivity contribution >= 4 is 33.2 Å². The van der Waals surface area contributed by atoms with Crippen LogP contribution in [0.2, 0.25) is 5.02 Å². The van der Waals surface area contributed by atoms with E-state index in [0.717, 1.165) is 22.5 Å². The standard InChI is InChI=1S/C21H27ClN2O3S/c1-15(2)14-20(17-8-6-5-7-9-17)23-21(25)16(3)24(28(4,26)27)19-12-10-18(22)11-13-19/h5-13,15-16,20H,14H2,1-4H3,(H,23,25)/t16-,20-/m1/s1. The number of benzene rings is 2. The predicted octanol–water partition coefficient (Wildman–Crippen LogP) is 4.40. The summed E-state index contributed by atoms with van der Waals surface area (Å²) in [5.41, 5.74) is 1.39. The molecule has 0 bridgehead atoms. The van der Waals surface area contributed by atoms with E-state index >= 15 is 0 Å². The van der Waals surface area contributed by atoms with E-state index in [1.54, 1.807) is 31.2 Å². The zero-order valence-corrected chi connectivity index (χ0v) is 18.2. The van der Waals surface area contributed by atoms with Crippen LogP contribution in [-0.2, 0) is 14.8 Å². The van der Waals surface area contributed by atoms with Crippen LogP contribution in [0.1, 0.15) is 38.8 Å². The highest BCUT2D eigenvalue weighted by Gasteiger charge is 2.30. The molecule has 2 aromatic rings. The first-order valence-corrected chi connectivity index (χ1v) is 11.4. The molecule has 0 unspecified atom stereocenters. The van der Waals surface area contributed by atoms with Crippen LogP contribution in [0.25, 0.3) is 0 Å². The Bertz CT molecular complexity index is 884. The van der Waals surface area contributed by atoms with Gasteiger partial charge in [-0.3, -0.25) is 9.10 Å². The highest BCUT2D eigenvalue weighted by atomic mass is 35.5. The summed E-state index contributed by atoms with van der Waals surface area (Å²) in [5.74, 6) is 0.0120. The van der Waals surface area contributed by atoms with Gasteiger partial charge in [-0.2, -0.15) is 0 Å². The van der Waals surface area contributed by atoms with E-state index in [9.17, 15) is 13.2 Å². The van der Waals surface area contributed by atoms with E-state index in [1.807, 2.05) is 30.3 Å². The number of hydrogen-bond donors (Lipinski definition) is 1. The van der Waals surface area contributed by atoms with Gasteiger partial charge < -0.3 is 5.32 Å². The maximum atomic E-state index is 13.0. The molecule has 0 radical (unpaired) electrons. The van der Waals surface area contributed by atoms with Crippen molar-refractivity contribution in [1.29, 1.82) is 0 Å². The molecule has 0 fully saturated rings. The first-order valence-electron chi connectivity index (χ1n) is 9.20. The Kier molecular flexibility index (Phi) is 7.49. The average Bonchev–Trinajstić information content (AvgIpc) is 2.62. The van der Waals surface area contributed by atoms with Crippen molar-refractivity contribution < 1.29 is 13.2 Å². The first-order chi connectivity index (χ1) is 13.1. The molecule has 0 aliphatic rings. The molecule has 1 amide bonds. The zero-order chi connectivity index (χ0) is 20.9. The highest BCUT2D eigenvalue weighted by molar-refractivity contribution is 7.92. The van der Waals surface area contributed by atoms with Crippen molar-refractivity contribution in [2.24, 2.45) is 5.92 Å². The number of rotatable bonds is 8. The lowest BCUT2D eigenvalue weighted by molar-refractivity contribution is -0.122. The van der Waals surface area contributed by atoms with Crippen molar-refractivity contribution in [2.75, 3.05) is 10.6 Å². The fourth-order valence-corrected chi connectivity index (χ4v) is 4.43. The summed E-state index contributed by atoms with van der Waals surface area (Å²) in [6, 6.07) is 15.0. The number of amides is 1. The minimum Gasteiger partial charge on any atom is -0.347 e. The number of carbonyl (C=O) groups excluding carboxylic acids is 1. The van der Waals surface area contributed by atoms with Gasteiger partial charge in [0.25, 0.3) is 0 Å². The Morgan fingerprint density at radius 2 is 1.61 bits per heavy atom. The lowest BCUT2D eigenvalue weighted by Gasteiger charge is -2.30. The molecule has 2 rings (SSSR count). The van der Waals surface area contributed by atoms with Crippen LogP contribution in [0, 0.1) is 5.92 Å². The number of anilines is 1. The lowest BCUT2D eigenvalue weighted by Crippen LogP contribution is -2.48. The number of nitrogens with one attached hydrogen (secondary N) is 1. The Hall–Kier alpha value is -2.05. The van der Waals surface area contributed by atoms with Gasteiger partial charge in [0, 0.05) is 5.02 Å². The van der Waals surface area contributed by atoms with E-state index in [4.69, 9.17) is 11.6 Å². The smallest absolute Gasteiger partial charge is 0.244 e. The van der Waals surface area contributed by atoms with Crippen LogP contribution >= 0.6 is 11.6 Å². The van der Waals surface area contributed by atoms with Crippen molar-refractivity contribution in [3.63, 3.8) is 0 Å². The quantitative estimate of drug-likeness (QED) is 0.685. The van der Waals surface area contributed by atoms with Gasteiger partial charge in [0.15, 0.2) is 0 Å². The van der Waals surface area contributed by atoms with Gasteiger partial charge >= 0.3 is 0 Å². The third-order valence-electron chi connectivity index (χ3n) is 4.40. The average molecular weight is 423 g/mol. The molecular formula is C21H27ClN2O3S. The zero-order valence-electron chi connectivity index (χ0n) is 16.6.